The summed E-state index contributed by atoms with van der Waals surface area (Å²) in [6, 6.07) is 7.28. The maximum absolute atomic E-state index is 10.7. The lowest BCUT2D eigenvalue weighted by Gasteiger charge is -2.25. The van der Waals surface area contributed by atoms with Crippen LogP contribution in [0.15, 0.2) is 36.7 Å². The topological polar surface area (TPSA) is 109 Å². The molecule has 10 heteroatoms. The molecule has 0 aliphatic heterocycles. The highest BCUT2D eigenvalue weighted by atomic mass is 16.5. The van der Waals surface area contributed by atoms with Gasteiger partial charge in [-0.2, -0.15) is 0 Å². The van der Waals surface area contributed by atoms with Crippen LogP contribution in [0.25, 0.3) is 11.5 Å². The number of anilines is 2. The van der Waals surface area contributed by atoms with Gasteiger partial charge in [0.1, 0.15) is 30.1 Å². The predicted molar refractivity (Wildman–Crippen MR) is 135 cm³/mol. The molecule has 0 fully saturated rings. The molecule has 1 aliphatic carbocycles. The highest BCUT2D eigenvalue weighted by Gasteiger charge is 2.23. The number of aromatic nitrogens is 4. The molecule has 3 heterocycles. The minimum Gasteiger partial charge on any atom is -0.492 e. The summed E-state index contributed by atoms with van der Waals surface area (Å²) in [7, 11) is 7.52. The van der Waals surface area contributed by atoms with E-state index in [1.54, 1.807) is 25.6 Å². The van der Waals surface area contributed by atoms with Gasteiger partial charge in [-0.15, -0.1) is 0 Å². The van der Waals surface area contributed by atoms with E-state index in [1.165, 1.54) is 0 Å². The number of pyridine rings is 2. The lowest BCUT2D eigenvalue weighted by molar-refractivity contribution is 0.210. The van der Waals surface area contributed by atoms with Crippen LogP contribution in [0.1, 0.15) is 17.7 Å². The second kappa shape index (κ2) is 11.3. The molecule has 0 saturated heterocycles. The Morgan fingerprint density at radius 2 is 1.97 bits per heavy atom. The van der Waals surface area contributed by atoms with Gasteiger partial charge in [-0.3, -0.25) is 4.98 Å². The summed E-state index contributed by atoms with van der Waals surface area (Å²) in [4.78, 5) is 22.4. The number of hydrogen-bond donors (Lipinski definition) is 2. The van der Waals surface area contributed by atoms with Crippen LogP contribution in [-0.2, 0) is 12.8 Å². The van der Waals surface area contributed by atoms with Gasteiger partial charge in [-0.05, 0) is 45.5 Å². The lowest BCUT2D eigenvalue weighted by Crippen LogP contribution is -2.35. The van der Waals surface area contributed by atoms with Crippen molar-refractivity contribution in [2.75, 3.05) is 58.2 Å². The highest BCUT2D eigenvalue weighted by molar-refractivity contribution is 5.60. The molecule has 2 N–H and O–H groups in total. The van der Waals surface area contributed by atoms with Gasteiger partial charge in [0.25, 0.3) is 0 Å². The molecule has 0 amide bonds. The maximum Gasteiger partial charge on any atom is 0.213 e. The SMILES string of the molecule is COc1ccc(NC(O)CN(C)c2nc(-c3cc(OCCN(C)C)ccn3)nc3c2CCC3)cn1. The summed E-state index contributed by atoms with van der Waals surface area (Å²) in [6.07, 6.45) is 5.38. The molecular formula is C25H33N7O3. The Labute approximate surface area is 206 Å². The van der Waals surface area contributed by atoms with Crippen LogP contribution in [0.3, 0.4) is 0 Å². The Balaban J connectivity index is 1.51. The lowest BCUT2D eigenvalue weighted by atomic mass is 10.2. The molecule has 3 aromatic heterocycles. The van der Waals surface area contributed by atoms with Gasteiger partial charge in [0, 0.05) is 43.2 Å². The Hall–Kier alpha value is -3.50. The zero-order chi connectivity index (χ0) is 24.8. The first kappa shape index (κ1) is 24.6. The molecular weight excluding hydrogens is 446 g/mol. The molecule has 1 unspecified atom stereocenters. The van der Waals surface area contributed by atoms with Gasteiger partial charge < -0.3 is 29.7 Å². The van der Waals surface area contributed by atoms with Crippen LogP contribution in [0.5, 0.6) is 11.6 Å². The Bertz CT molecular complexity index is 1120. The minimum atomic E-state index is -0.822. The van der Waals surface area contributed by atoms with E-state index >= 15 is 0 Å². The first-order chi connectivity index (χ1) is 16.9. The summed E-state index contributed by atoms with van der Waals surface area (Å²) in [5, 5.41) is 13.7. The fourth-order valence-corrected chi connectivity index (χ4v) is 3.98. The first-order valence-electron chi connectivity index (χ1n) is 11.7. The van der Waals surface area contributed by atoms with Crippen molar-refractivity contribution in [3.63, 3.8) is 0 Å². The van der Waals surface area contributed by atoms with Gasteiger partial charge in [-0.25, -0.2) is 15.0 Å². The predicted octanol–water partition coefficient (Wildman–Crippen LogP) is 2.24. The molecule has 4 rings (SSSR count). The van der Waals surface area contributed by atoms with E-state index in [0.29, 0.717) is 36.2 Å². The number of aryl methyl sites for hydroxylation is 1. The zero-order valence-electron chi connectivity index (χ0n) is 20.7. The molecule has 1 aliphatic rings. The van der Waals surface area contributed by atoms with Crippen LogP contribution in [0.2, 0.25) is 0 Å². The Morgan fingerprint density at radius 3 is 2.71 bits per heavy atom. The molecule has 3 aromatic rings. The minimum absolute atomic E-state index is 0.329. The molecule has 0 spiro atoms. The van der Waals surface area contributed by atoms with Gasteiger partial charge in [0.2, 0.25) is 5.88 Å². The number of aliphatic hydroxyl groups excluding tert-OH is 1. The van der Waals surface area contributed by atoms with Crippen LogP contribution in [0.4, 0.5) is 11.5 Å². The third-order valence-electron chi connectivity index (χ3n) is 5.77. The second-order valence-electron chi connectivity index (χ2n) is 8.81. The standard InChI is InChI=1S/C25H33N7O3/c1-31(2)12-13-35-18-10-11-26-21(14-18)24-29-20-7-5-6-19(20)25(30-24)32(3)16-22(33)28-17-8-9-23(34-4)27-15-17/h8-11,14-15,22,28,33H,5-7,12-13,16H2,1-4H3. The number of ether oxygens (including phenoxy) is 2. The van der Waals surface area contributed by atoms with Crippen molar-refractivity contribution in [2.24, 2.45) is 0 Å². The van der Waals surface area contributed by atoms with Crippen molar-refractivity contribution in [3.8, 4) is 23.1 Å². The van der Waals surface area contributed by atoms with E-state index in [0.717, 1.165) is 48.6 Å². The summed E-state index contributed by atoms with van der Waals surface area (Å²) < 4.78 is 11.0. The van der Waals surface area contributed by atoms with Crippen LogP contribution in [0, 0.1) is 0 Å². The van der Waals surface area contributed by atoms with Crippen molar-refractivity contribution in [2.45, 2.75) is 25.5 Å². The van der Waals surface area contributed by atoms with E-state index in [4.69, 9.17) is 19.4 Å². The van der Waals surface area contributed by atoms with Crippen molar-refractivity contribution in [3.05, 3.63) is 47.9 Å². The number of methoxy groups -OCH3 is 1. The second-order valence-corrected chi connectivity index (χ2v) is 8.81. The van der Waals surface area contributed by atoms with Gasteiger partial charge >= 0.3 is 0 Å². The average molecular weight is 480 g/mol. The van der Waals surface area contributed by atoms with E-state index in [9.17, 15) is 5.11 Å². The van der Waals surface area contributed by atoms with E-state index in [-0.39, 0.29) is 0 Å². The average Bonchev–Trinajstić information content (AvgIpc) is 3.32. The van der Waals surface area contributed by atoms with Crippen molar-refractivity contribution in [1.29, 1.82) is 0 Å². The Morgan fingerprint density at radius 1 is 1.11 bits per heavy atom. The molecule has 0 saturated carbocycles. The summed E-state index contributed by atoms with van der Waals surface area (Å²) in [6.45, 7) is 1.74. The molecule has 0 aromatic carbocycles. The normalized spacial score (nSPS) is 13.4. The quantitative estimate of drug-likeness (QED) is 0.398. The van der Waals surface area contributed by atoms with Crippen molar-refractivity contribution in [1.82, 2.24) is 24.8 Å². The molecule has 0 radical (unpaired) electrons. The van der Waals surface area contributed by atoms with E-state index in [1.807, 2.05) is 44.2 Å². The van der Waals surface area contributed by atoms with Gasteiger partial charge in [-0.1, -0.05) is 0 Å². The molecule has 0 bridgehead atoms. The van der Waals surface area contributed by atoms with E-state index < -0.39 is 6.23 Å². The number of hydrogen-bond acceptors (Lipinski definition) is 10. The van der Waals surface area contributed by atoms with Crippen LogP contribution in [-0.4, -0.2) is 84.1 Å². The monoisotopic (exact) mass is 479 g/mol. The largest absolute Gasteiger partial charge is 0.492 e. The highest BCUT2D eigenvalue weighted by Crippen LogP contribution is 2.31. The summed E-state index contributed by atoms with van der Waals surface area (Å²) >= 11 is 0. The summed E-state index contributed by atoms with van der Waals surface area (Å²) in [5.74, 6) is 2.64. The third-order valence-corrected chi connectivity index (χ3v) is 5.77. The number of fused-ring (bicyclic) bond motifs is 1. The van der Waals surface area contributed by atoms with Crippen molar-refractivity contribution >= 4 is 11.5 Å². The third kappa shape index (κ3) is 6.34. The van der Waals surface area contributed by atoms with Gasteiger partial charge in [0.15, 0.2) is 5.82 Å². The Kier molecular flexibility index (Phi) is 7.94. The first-order valence-corrected chi connectivity index (χ1v) is 11.7. The van der Waals surface area contributed by atoms with Crippen LogP contribution >= 0.6 is 0 Å². The molecule has 186 valence electrons. The number of likely N-dealkylation sites (N-methyl/N-ethyl adjacent to an activating group) is 2. The number of nitrogens with one attached hydrogen (secondary N) is 1. The molecule has 10 nitrogen and oxygen atoms in total. The number of aliphatic hydroxyl groups is 1. The van der Waals surface area contributed by atoms with Crippen molar-refractivity contribution < 1.29 is 14.6 Å². The smallest absolute Gasteiger partial charge is 0.213 e. The maximum atomic E-state index is 10.7. The van der Waals surface area contributed by atoms with Crippen LogP contribution < -0.4 is 19.7 Å². The fraction of sp³-hybridized carbons (Fsp3) is 0.440. The van der Waals surface area contributed by atoms with Gasteiger partial charge in [0.05, 0.1) is 25.5 Å². The zero-order valence-corrected chi connectivity index (χ0v) is 20.7. The molecule has 35 heavy (non-hydrogen) atoms. The fourth-order valence-electron chi connectivity index (χ4n) is 3.98. The summed E-state index contributed by atoms with van der Waals surface area (Å²) in [5.41, 5.74) is 3.54. The number of nitrogens with zero attached hydrogens (tertiary/aromatic N) is 6. The number of rotatable bonds is 11. The van der Waals surface area contributed by atoms with E-state index in [2.05, 4.69) is 20.2 Å². The molecule has 1 atom stereocenters.